The first-order valence-corrected chi connectivity index (χ1v) is 8.18. The molecule has 1 aliphatic heterocycles. The Morgan fingerprint density at radius 2 is 1.95 bits per heavy atom. The molecule has 6 nitrogen and oxygen atoms in total. The molecule has 1 saturated heterocycles. The number of hydrogen-bond donors (Lipinski definition) is 2. The predicted molar refractivity (Wildman–Crippen MR) is 89.8 cm³/mol. The van der Waals surface area contributed by atoms with Gasteiger partial charge in [-0.25, -0.2) is 8.42 Å². The highest BCUT2D eigenvalue weighted by atomic mass is 127. The molecule has 0 aromatic rings. The Hall–Kier alpha value is -0.0900. The van der Waals surface area contributed by atoms with Gasteiger partial charge >= 0.3 is 0 Å². The minimum Gasteiger partial charge on any atom is -0.370 e. The van der Waals surface area contributed by atoms with Crippen molar-refractivity contribution in [3.63, 3.8) is 0 Å². The summed E-state index contributed by atoms with van der Waals surface area (Å²) in [6, 6.07) is 0. The number of rotatable bonds is 5. The number of nitrogens with zero attached hydrogens (tertiary/aromatic N) is 2. The highest BCUT2D eigenvalue weighted by Crippen LogP contribution is 2.02. The maximum Gasteiger partial charge on any atom is 0.188 e. The van der Waals surface area contributed by atoms with E-state index in [1.807, 2.05) is 0 Å². The summed E-state index contributed by atoms with van der Waals surface area (Å²) in [5.41, 5.74) is 5.71. The van der Waals surface area contributed by atoms with Gasteiger partial charge < -0.3 is 11.1 Å². The summed E-state index contributed by atoms with van der Waals surface area (Å²) in [5, 5.41) is 3.04. The number of sulfone groups is 1. The standard InChI is InChI=1S/C11H24N4O2S.HI/c1-10(2)9-14-11(12)13-3-4-15-5-7-18(16,17)8-6-15;/h10H,3-9H2,1-2H3,(H3,12,13,14);1H. The van der Waals surface area contributed by atoms with Crippen molar-refractivity contribution in [1.29, 1.82) is 0 Å². The van der Waals surface area contributed by atoms with Crippen LogP contribution in [0, 0.1) is 5.92 Å². The molecule has 1 aliphatic rings. The molecule has 0 atom stereocenters. The number of hydrogen-bond acceptors (Lipinski definition) is 4. The van der Waals surface area contributed by atoms with E-state index in [1.54, 1.807) is 0 Å². The largest absolute Gasteiger partial charge is 0.370 e. The zero-order chi connectivity index (χ0) is 13.6. The van der Waals surface area contributed by atoms with E-state index in [0.29, 0.717) is 31.5 Å². The summed E-state index contributed by atoms with van der Waals surface area (Å²) in [7, 11) is -2.79. The number of guanidine groups is 1. The highest BCUT2D eigenvalue weighted by molar-refractivity contribution is 14.0. The molecule has 0 radical (unpaired) electrons. The van der Waals surface area contributed by atoms with Crippen LogP contribution in [0.5, 0.6) is 0 Å². The number of aliphatic imine (C=N–C) groups is 1. The number of nitrogens with two attached hydrogens (primary N) is 1. The first kappa shape index (κ1) is 18.9. The molecular formula is C11H25IN4O2S. The molecule has 19 heavy (non-hydrogen) atoms. The maximum atomic E-state index is 11.2. The van der Waals surface area contributed by atoms with Crippen molar-refractivity contribution in [2.24, 2.45) is 16.6 Å². The van der Waals surface area contributed by atoms with Gasteiger partial charge in [0.1, 0.15) is 0 Å². The lowest BCUT2D eigenvalue weighted by Gasteiger charge is -2.26. The summed E-state index contributed by atoms with van der Waals surface area (Å²) in [6.45, 7) is 7.64. The van der Waals surface area contributed by atoms with Gasteiger partial charge in [0.05, 0.1) is 11.5 Å². The molecular weight excluding hydrogens is 379 g/mol. The Morgan fingerprint density at radius 1 is 1.37 bits per heavy atom. The van der Waals surface area contributed by atoms with Crippen molar-refractivity contribution >= 4 is 39.8 Å². The van der Waals surface area contributed by atoms with Crippen LogP contribution in [0.4, 0.5) is 0 Å². The fourth-order valence-electron chi connectivity index (χ4n) is 1.65. The molecule has 0 spiro atoms. The molecule has 0 aromatic carbocycles. The average molecular weight is 404 g/mol. The van der Waals surface area contributed by atoms with Gasteiger partial charge in [0.25, 0.3) is 0 Å². The van der Waals surface area contributed by atoms with Gasteiger partial charge in [-0.2, -0.15) is 0 Å². The third kappa shape index (κ3) is 8.64. The quantitative estimate of drug-likeness (QED) is 0.380. The zero-order valence-electron chi connectivity index (χ0n) is 11.6. The van der Waals surface area contributed by atoms with E-state index in [9.17, 15) is 8.42 Å². The predicted octanol–water partition coefficient (Wildman–Crippen LogP) is -0.105. The summed E-state index contributed by atoms with van der Waals surface area (Å²) < 4.78 is 22.5. The van der Waals surface area contributed by atoms with Gasteiger partial charge in [0, 0.05) is 32.7 Å². The topological polar surface area (TPSA) is 87.8 Å². The molecule has 0 unspecified atom stereocenters. The Balaban J connectivity index is 0.00000324. The summed E-state index contributed by atoms with van der Waals surface area (Å²) in [6.07, 6.45) is 0. The lowest BCUT2D eigenvalue weighted by atomic mass is 10.2. The molecule has 0 bridgehead atoms. The first-order valence-electron chi connectivity index (χ1n) is 6.35. The van der Waals surface area contributed by atoms with Gasteiger partial charge in [-0.1, -0.05) is 13.8 Å². The van der Waals surface area contributed by atoms with Crippen molar-refractivity contribution < 1.29 is 8.42 Å². The van der Waals surface area contributed by atoms with E-state index in [-0.39, 0.29) is 35.5 Å². The van der Waals surface area contributed by atoms with Crippen LogP contribution in [-0.4, -0.2) is 63.5 Å². The minimum absolute atomic E-state index is 0. The fourth-order valence-corrected chi connectivity index (χ4v) is 2.93. The number of nitrogens with one attached hydrogen (secondary N) is 1. The Labute approximate surface area is 133 Å². The van der Waals surface area contributed by atoms with Crippen LogP contribution in [-0.2, 0) is 9.84 Å². The van der Waals surface area contributed by atoms with Crippen LogP contribution >= 0.6 is 24.0 Å². The molecule has 8 heteroatoms. The average Bonchev–Trinajstić information content (AvgIpc) is 2.29. The van der Waals surface area contributed by atoms with E-state index in [0.717, 1.165) is 13.1 Å². The van der Waals surface area contributed by atoms with Gasteiger partial charge in [0.2, 0.25) is 0 Å². The molecule has 0 amide bonds. The van der Waals surface area contributed by atoms with Gasteiger partial charge in [-0.15, -0.1) is 24.0 Å². The Kier molecular flexibility index (Phi) is 8.92. The van der Waals surface area contributed by atoms with Gasteiger partial charge in [-0.05, 0) is 5.92 Å². The molecule has 1 heterocycles. The number of halogens is 1. The SMILES string of the molecule is CC(C)CN=C(N)NCCN1CCS(=O)(=O)CC1.I. The molecule has 0 aliphatic carbocycles. The molecule has 114 valence electrons. The van der Waals surface area contributed by atoms with Crippen molar-refractivity contribution in [3.8, 4) is 0 Å². The molecule has 0 aromatic heterocycles. The second-order valence-electron chi connectivity index (χ2n) is 5.04. The Morgan fingerprint density at radius 3 is 2.47 bits per heavy atom. The van der Waals surface area contributed by atoms with Crippen LogP contribution in [0.1, 0.15) is 13.8 Å². The molecule has 0 saturated carbocycles. The van der Waals surface area contributed by atoms with E-state index in [2.05, 4.69) is 29.1 Å². The molecule has 1 rings (SSSR count). The van der Waals surface area contributed by atoms with E-state index < -0.39 is 9.84 Å². The summed E-state index contributed by atoms with van der Waals surface area (Å²) >= 11 is 0. The normalized spacial score (nSPS) is 20.1. The van der Waals surface area contributed by atoms with Crippen LogP contribution < -0.4 is 11.1 Å². The van der Waals surface area contributed by atoms with Crippen molar-refractivity contribution in [2.45, 2.75) is 13.8 Å². The van der Waals surface area contributed by atoms with E-state index in [4.69, 9.17) is 5.73 Å². The van der Waals surface area contributed by atoms with Crippen molar-refractivity contribution in [2.75, 3.05) is 44.2 Å². The lowest BCUT2D eigenvalue weighted by molar-refractivity contribution is 0.300. The van der Waals surface area contributed by atoms with Crippen LogP contribution in [0.15, 0.2) is 4.99 Å². The second-order valence-corrected chi connectivity index (χ2v) is 7.34. The fraction of sp³-hybridized carbons (Fsp3) is 0.909. The van der Waals surface area contributed by atoms with Crippen molar-refractivity contribution in [3.05, 3.63) is 0 Å². The van der Waals surface area contributed by atoms with Crippen LogP contribution in [0.2, 0.25) is 0 Å². The van der Waals surface area contributed by atoms with E-state index in [1.165, 1.54) is 0 Å². The summed E-state index contributed by atoms with van der Waals surface area (Å²) in [5.74, 6) is 1.50. The first-order chi connectivity index (χ1) is 8.39. The maximum absolute atomic E-state index is 11.2. The van der Waals surface area contributed by atoms with Gasteiger partial charge in [0.15, 0.2) is 15.8 Å². The molecule has 3 N–H and O–H groups in total. The van der Waals surface area contributed by atoms with Crippen LogP contribution in [0.3, 0.4) is 0 Å². The smallest absolute Gasteiger partial charge is 0.188 e. The lowest BCUT2D eigenvalue weighted by Crippen LogP contribution is -2.45. The second kappa shape index (κ2) is 8.96. The third-order valence-electron chi connectivity index (χ3n) is 2.80. The van der Waals surface area contributed by atoms with Gasteiger partial charge in [-0.3, -0.25) is 9.89 Å². The summed E-state index contributed by atoms with van der Waals surface area (Å²) in [4.78, 5) is 6.33. The van der Waals surface area contributed by atoms with E-state index >= 15 is 0 Å². The molecule has 1 fully saturated rings. The van der Waals surface area contributed by atoms with Crippen LogP contribution in [0.25, 0.3) is 0 Å². The Bertz CT molecular complexity index is 370. The minimum atomic E-state index is -2.79. The van der Waals surface area contributed by atoms with Crippen molar-refractivity contribution in [1.82, 2.24) is 10.2 Å². The zero-order valence-corrected chi connectivity index (χ0v) is 14.8. The monoisotopic (exact) mass is 404 g/mol. The third-order valence-corrected chi connectivity index (χ3v) is 4.41. The highest BCUT2D eigenvalue weighted by Gasteiger charge is 2.20.